The van der Waals surface area contributed by atoms with E-state index in [9.17, 15) is 0 Å². The zero-order valence-electron chi connectivity index (χ0n) is 11.0. The lowest BCUT2D eigenvalue weighted by molar-refractivity contribution is 0.246. The highest BCUT2D eigenvalue weighted by molar-refractivity contribution is 4.94. The minimum absolute atomic E-state index is 0.823. The fourth-order valence-corrected chi connectivity index (χ4v) is 3.37. The van der Waals surface area contributed by atoms with Gasteiger partial charge in [0.25, 0.3) is 0 Å². The molecule has 94 valence electrons. The van der Waals surface area contributed by atoms with Gasteiger partial charge in [-0.2, -0.15) is 0 Å². The predicted molar refractivity (Wildman–Crippen MR) is 69.6 cm³/mol. The molecule has 0 aromatic carbocycles. The first-order chi connectivity index (χ1) is 7.83. The topological polar surface area (TPSA) is 15.3 Å². The monoisotopic (exact) mass is 224 g/mol. The van der Waals surface area contributed by atoms with Crippen LogP contribution in [0.1, 0.15) is 46.0 Å². The number of unbranched alkanes of at least 4 members (excludes halogenated alkanes) is 1. The van der Waals surface area contributed by atoms with Crippen LogP contribution in [0, 0.1) is 11.8 Å². The van der Waals surface area contributed by atoms with Gasteiger partial charge in [-0.25, -0.2) is 0 Å². The van der Waals surface area contributed by atoms with E-state index in [1.165, 1.54) is 58.3 Å². The first kappa shape index (κ1) is 12.4. The zero-order valence-corrected chi connectivity index (χ0v) is 11.0. The Balaban J connectivity index is 1.72. The van der Waals surface area contributed by atoms with Crippen LogP contribution in [0.15, 0.2) is 0 Å². The van der Waals surface area contributed by atoms with Crippen LogP contribution in [0.4, 0.5) is 0 Å². The maximum atomic E-state index is 3.64. The van der Waals surface area contributed by atoms with Gasteiger partial charge < -0.3 is 10.2 Å². The molecule has 2 heteroatoms. The Morgan fingerprint density at radius 3 is 2.88 bits per heavy atom. The molecule has 3 atom stereocenters. The highest BCUT2D eigenvalue weighted by atomic mass is 15.2. The van der Waals surface area contributed by atoms with Crippen molar-refractivity contribution >= 4 is 0 Å². The second kappa shape index (κ2) is 6.02. The van der Waals surface area contributed by atoms with Gasteiger partial charge in [0, 0.05) is 25.7 Å². The molecular weight excluding hydrogens is 196 g/mol. The van der Waals surface area contributed by atoms with Crippen LogP contribution in [-0.2, 0) is 0 Å². The summed E-state index contributed by atoms with van der Waals surface area (Å²) in [6, 6.07) is 0.823. The van der Waals surface area contributed by atoms with Crippen LogP contribution in [0.25, 0.3) is 0 Å². The highest BCUT2D eigenvalue weighted by Crippen LogP contribution is 2.26. The van der Waals surface area contributed by atoms with Gasteiger partial charge in [-0.3, -0.25) is 0 Å². The summed E-state index contributed by atoms with van der Waals surface area (Å²) in [6.07, 6.45) is 6.97. The van der Waals surface area contributed by atoms with Crippen molar-refractivity contribution in [1.82, 2.24) is 10.2 Å². The Labute approximate surface area is 101 Å². The summed E-state index contributed by atoms with van der Waals surface area (Å²) >= 11 is 0. The zero-order chi connectivity index (χ0) is 11.4. The van der Waals surface area contributed by atoms with E-state index in [-0.39, 0.29) is 0 Å². The number of hydrogen-bond acceptors (Lipinski definition) is 2. The van der Waals surface area contributed by atoms with Crippen molar-refractivity contribution in [3.05, 3.63) is 0 Å². The quantitative estimate of drug-likeness (QED) is 0.746. The molecule has 0 spiro atoms. The second-order valence-corrected chi connectivity index (χ2v) is 5.74. The number of nitrogens with one attached hydrogen (secondary N) is 1. The molecule has 2 nitrogen and oxygen atoms in total. The van der Waals surface area contributed by atoms with Crippen LogP contribution in [0.2, 0.25) is 0 Å². The fraction of sp³-hybridized carbons (Fsp3) is 1.00. The van der Waals surface area contributed by atoms with Gasteiger partial charge in [-0.1, -0.05) is 33.1 Å². The summed E-state index contributed by atoms with van der Waals surface area (Å²) in [4.78, 5) is 2.71. The summed E-state index contributed by atoms with van der Waals surface area (Å²) in [5.74, 6) is 1.91. The van der Waals surface area contributed by atoms with Gasteiger partial charge in [0.1, 0.15) is 0 Å². The van der Waals surface area contributed by atoms with Crippen LogP contribution < -0.4 is 5.32 Å². The molecule has 0 aromatic rings. The summed E-state index contributed by atoms with van der Waals surface area (Å²) in [7, 11) is 0. The smallest absolute Gasteiger partial charge is 0.0235 e. The molecule has 2 aliphatic heterocycles. The molecular formula is C14H28N2. The van der Waals surface area contributed by atoms with Crippen molar-refractivity contribution in [3.8, 4) is 0 Å². The maximum Gasteiger partial charge on any atom is 0.0235 e. The molecule has 0 aliphatic carbocycles. The molecule has 0 bridgehead atoms. The minimum atomic E-state index is 0.823. The number of rotatable bonds is 6. The van der Waals surface area contributed by atoms with E-state index in [0.29, 0.717) is 0 Å². The molecule has 0 saturated carbocycles. The number of hydrogen-bond donors (Lipinski definition) is 1. The third-order valence-electron chi connectivity index (χ3n) is 4.50. The normalized spacial score (nSPS) is 31.9. The highest BCUT2D eigenvalue weighted by Gasteiger charge is 2.36. The SMILES string of the molecule is CCCCC(CC)CN1C[C@@H]2CCN[C@@H]2C1. The molecule has 1 unspecified atom stereocenters. The van der Waals surface area contributed by atoms with Gasteiger partial charge >= 0.3 is 0 Å². The molecule has 16 heavy (non-hydrogen) atoms. The van der Waals surface area contributed by atoms with Crippen molar-refractivity contribution in [1.29, 1.82) is 0 Å². The Kier molecular flexibility index (Phi) is 4.66. The van der Waals surface area contributed by atoms with E-state index in [0.717, 1.165) is 17.9 Å². The standard InChI is InChI=1S/C14H28N2/c1-3-5-6-12(4-2)9-16-10-13-7-8-15-14(13)11-16/h12-15H,3-11H2,1-2H3/t12?,13-,14+/m0/s1. The molecule has 2 heterocycles. The van der Waals surface area contributed by atoms with Gasteiger partial charge in [-0.15, -0.1) is 0 Å². The average molecular weight is 224 g/mol. The lowest BCUT2D eigenvalue weighted by Crippen LogP contribution is -2.32. The van der Waals surface area contributed by atoms with E-state index < -0.39 is 0 Å². The average Bonchev–Trinajstić information content (AvgIpc) is 2.84. The number of fused-ring (bicyclic) bond motifs is 1. The lowest BCUT2D eigenvalue weighted by atomic mass is 9.99. The summed E-state index contributed by atoms with van der Waals surface area (Å²) < 4.78 is 0. The van der Waals surface area contributed by atoms with Gasteiger partial charge in [0.05, 0.1) is 0 Å². The molecule has 2 aliphatic rings. The molecule has 2 fully saturated rings. The Morgan fingerprint density at radius 1 is 1.31 bits per heavy atom. The van der Waals surface area contributed by atoms with Crippen LogP contribution in [0.3, 0.4) is 0 Å². The Hall–Kier alpha value is -0.0800. The number of nitrogens with zero attached hydrogens (tertiary/aromatic N) is 1. The molecule has 0 amide bonds. The van der Waals surface area contributed by atoms with E-state index in [1.807, 2.05) is 0 Å². The first-order valence-electron chi connectivity index (χ1n) is 7.29. The fourth-order valence-electron chi connectivity index (χ4n) is 3.37. The van der Waals surface area contributed by atoms with Crippen molar-refractivity contribution in [3.63, 3.8) is 0 Å². The summed E-state index contributed by atoms with van der Waals surface area (Å²) in [6.45, 7) is 9.95. The van der Waals surface area contributed by atoms with Crippen molar-refractivity contribution in [2.45, 2.75) is 52.0 Å². The third kappa shape index (κ3) is 2.98. The molecule has 0 radical (unpaired) electrons. The van der Waals surface area contributed by atoms with E-state index in [1.54, 1.807) is 0 Å². The van der Waals surface area contributed by atoms with Crippen molar-refractivity contribution in [2.75, 3.05) is 26.2 Å². The second-order valence-electron chi connectivity index (χ2n) is 5.74. The van der Waals surface area contributed by atoms with Crippen LogP contribution in [0.5, 0.6) is 0 Å². The Bertz CT molecular complexity index is 193. The van der Waals surface area contributed by atoms with Crippen LogP contribution in [-0.4, -0.2) is 37.1 Å². The summed E-state index contributed by atoms with van der Waals surface area (Å²) in [5, 5.41) is 3.64. The predicted octanol–water partition coefficient (Wildman–Crippen LogP) is 2.50. The maximum absolute atomic E-state index is 3.64. The van der Waals surface area contributed by atoms with E-state index in [4.69, 9.17) is 0 Å². The summed E-state index contributed by atoms with van der Waals surface area (Å²) in [5.41, 5.74) is 0. The molecule has 2 rings (SSSR count). The van der Waals surface area contributed by atoms with Crippen molar-refractivity contribution in [2.24, 2.45) is 11.8 Å². The van der Waals surface area contributed by atoms with E-state index >= 15 is 0 Å². The minimum Gasteiger partial charge on any atom is -0.312 e. The third-order valence-corrected chi connectivity index (χ3v) is 4.50. The number of likely N-dealkylation sites (tertiary alicyclic amines) is 1. The first-order valence-corrected chi connectivity index (χ1v) is 7.29. The Morgan fingerprint density at radius 2 is 2.19 bits per heavy atom. The van der Waals surface area contributed by atoms with Crippen LogP contribution >= 0.6 is 0 Å². The van der Waals surface area contributed by atoms with Gasteiger partial charge in [-0.05, 0) is 31.2 Å². The largest absolute Gasteiger partial charge is 0.312 e. The van der Waals surface area contributed by atoms with Crippen molar-refractivity contribution < 1.29 is 0 Å². The molecule has 2 saturated heterocycles. The lowest BCUT2D eigenvalue weighted by Gasteiger charge is -2.23. The van der Waals surface area contributed by atoms with Gasteiger partial charge in [0.2, 0.25) is 0 Å². The van der Waals surface area contributed by atoms with E-state index in [2.05, 4.69) is 24.1 Å². The molecule has 1 N–H and O–H groups in total. The van der Waals surface area contributed by atoms with Gasteiger partial charge in [0.15, 0.2) is 0 Å². The molecule has 0 aromatic heterocycles.